The molecule has 31 heavy (non-hydrogen) atoms. The number of nitrogens with one attached hydrogen (secondary N) is 1. The Hall–Kier alpha value is -3.45. The van der Waals surface area contributed by atoms with Crippen LogP contribution in [0.15, 0.2) is 58.6 Å². The van der Waals surface area contributed by atoms with Crippen molar-refractivity contribution in [3.8, 4) is 28.2 Å². The van der Waals surface area contributed by atoms with Crippen molar-refractivity contribution in [3.05, 3.63) is 75.3 Å². The summed E-state index contributed by atoms with van der Waals surface area (Å²) < 4.78 is 3.78. The normalized spacial score (nSPS) is 13.8. The molecule has 1 aromatic carbocycles. The molecule has 0 amide bonds. The van der Waals surface area contributed by atoms with Gasteiger partial charge in [-0.2, -0.15) is 4.98 Å². The molecule has 0 radical (unpaired) electrons. The molecule has 0 aliphatic carbocycles. The van der Waals surface area contributed by atoms with Gasteiger partial charge in [-0.05, 0) is 37.6 Å². The van der Waals surface area contributed by atoms with Crippen LogP contribution in [0.2, 0.25) is 5.02 Å². The lowest BCUT2D eigenvalue weighted by atomic mass is 10.0. The number of aromatic nitrogens is 4. The molecule has 0 bridgehead atoms. The molecule has 8 heteroatoms. The van der Waals surface area contributed by atoms with E-state index in [4.69, 9.17) is 11.6 Å². The molecule has 3 aliphatic rings. The molecule has 0 spiro atoms. The molecular formula is C23H21ClN6O. The van der Waals surface area contributed by atoms with Crippen LogP contribution in [0.25, 0.3) is 28.2 Å². The molecule has 0 atom stereocenters. The lowest BCUT2D eigenvalue weighted by molar-refractivity contribution is 0.621. The summed E-state index contributed by atoms with van der Waals surface area (Å²) >= 11 is 6.75. The molecule has 1 aromatic heterocycles. The first-order valence-corrected chi connectivity index (χ1v) is 10.5. The third-order valence-corrected chi connectivity index (χ3v) is 5.89. The van der Waals surface area contributed by atoms with Crippen LogP contribution >= 0.6 is 11.6 Å². The second kappa shape index (κ2) is 7.67. The zero-order valence-electron chi connectivity index (χ0n) is 17.3. The van der Waals surface area contributed by atoms with Crippen LogP contribution in [0.1, 0.15) is 12.0 Å². The molecule has 0 saturated heterocycles. The van der Waals surface area contributed by atoms with E-state index in [0.717, 1.165) is 53.5 Å². The largest absolute Gasteiger partial charge is 0.371 e. The van der Waals surface area contributed by atoms with Crippen molar-refractivity contribution >= 4 is 17.4 Å². The third-order valence-electron chi connectivity index (χ3n) is 5.57. The summed E-state index contributed by atoms with van der Waals surface area (Å²) in [4.78, 5) is 25.6. The van der Waals surface area contributed by atoms with E-state index in [1.807, 2.05) is 24.3 Å². The van der Waals surface area contributed by atoms with Gasteiger partial charge < -0.3 is 9.88 Å². The SMILES string of the molecule is CN=c1ncc2cc(-c3ccc(-n4cccc(C)c4=O)cc3Cl)c3n(c-2n1)CCCN3. The highest BCUT2D eigenvalue weighted by molar-refractivity contribution is 6.33. The number of rotatable bonds is 2. The summed E-state index contributed by atoms with van der Waals surface area (Å²) in [5, 5.41) is 4.08. The van der Waals surface area contributed by atoms with E-state index in [1.165, 1.54) is 0 Å². The van der Waals surface area contributed by atoms with Gasteiger partial charge in [-0.3, -0.25) is 14.4 Å². The maximum absolute atomic E-state index is 12.5. The van der Waals surface area contributed by atoms with E-state index in [-0.39, 0.29) is 5.56 Å². The fourth-order valence-corrected chi connectivity index (χ4v) is 4.29. The van der Waals surface area contributed by atoms with Gasteiger partial charge in [0.15, 0.2) is 0 Å². The number of benzene rings is 1. The quantitative estimate of drug-likeness (QED) is 0.526. The topological polar surface area (TPSA) is 77.1 Å². The van der Waals surface area contributed by atoms with Crippen molar-refractivity contribution < 1.29 is 0 Å². The van der Waals surface area contributed by atoms with Gasteiger partial charge in [0, 0.05) is 54.8 Å². The Morgan fingerprint density at radius 1 is 1.19 bits per heavy atom. The lowest BCUT2D eigenvalue weighted by Gasteiger charge is -2.27. The van der Waals surface area contributed by atoms with Gasteiger partial charge in [-0.25, -0.2) is 4.98 Å². The Labute approximate surface area is 184 Å². The highest BCUT2D eigenvalue weighted by Gasteiger charge is 2.22. The molecule has 0 fully saturated rings. The number of hydrogen-bond acceptors (Lipinski definition) is 5. The van der Waals surface area contributed by atoms with Crippen LogP contribution in [0, 0.1) is 6.92 Å². The summed E-state index contributed by atoms with van der Waals surface area (Å²) in [5.41, 5.74) is 4.61. The van der Waals surface area contributed by atoms with Crippen LogP contribution in [0.4, 0.5) is 5.82 Å². The van der Waals surface area contributed by atoms with Crippen molar-refractivity contribution in [2.24, 2.45) is 4.99 Å². The van der Waals surface area contributed by atoms with Crippen molar-refractivity contribution in [1.82, 2.24) is 19.1 Å². The number of halogens is 1. The summed E-state index contributed by atoms with van der Waals surface area (Å²) in [7, 11) is 1.69. The highest BCUT2D eigenvalue weighted by Crippen LogP contribution is 2.39. The average Bonchev–Trinajstić information content (AvgIpc) is 2.80. The Bertz CT molecular complexity index is 1400. The first-order valence-electron chi connectivity index (χ1n) is 10.1. The van der Waals surface area contributed by atoms with Gasteiger partial charge in [-0.15, -0.1) is 0 Å². The second-order valence-corrected chi connectivity index (χ2v) is 7.95. The van der Waals surface area contributed by atoms with Crippen LogP contribution in [-0.4, -0.2) is 32.7 Å². The summed E-state index contributed by atoms with van der Waals surface area (Å²) in [5.74, 6) is 1.82. The highest BCUT2D eigenvalue weighted by atomic mass is 35.5. The third kappa shape index (κ3) is 3.31. The zero-order chi connectivity index (χ0) is 21.5. The first kappa shape index (κ1) is 19.5. The summed E-state index contributed by atoms with van der Waals surface area (Å²) in [6.45, 7) is 3.53. The fraction of sp³-hybridized carbons (Fsp3) is 0.217. The Kier molecular flexibility index (Phi) is 4.82. The van der Waals surface area contributed by atoms with E-state index < -0.39 is 0 Å². The van der Waals surface area contributed by atoms with Crippen molar-refractivity contribution in [3.63, 3.8) is 0 Å². The smallest absolute Gasteiger partial charge is 0.257 e. The molecule has 4 heterocycles. The van der Waals surface area contributed by atoms with Gasteiger partial charge in [0.05, 0.1) is 10.7 Å². The molecule has 1 N–H and O–H groups in total. The predicted molar refractivity (Wildman–Crippen MR) is 122 cm³/mol. The molecular weight excluding hydrogens is 412 g/mol. The van der Waals surface area contributed by atoms with Crippen LogP contribution in [0.3, 0.4) is 0 Å². The molecule has 0 saturated carbocycles. The number of anilines is 1. The molecule has 5 rings (SSSR count). The van der Waals surface area contributed by atoms with Crippen molar-refractivity contribution in [2.75, 3.05) is 18.9 Å². The standard InChI is InChI=1S/C23H21ClN6O/c1-14-5-3-9-29(22(14)31)16-6-7-17(19(24)12-16)18-11-15-13-27-23(25-2)28-20(15)30-10-4-8-26-21(18)30/h3,5-7,9,11-13,26H,4,8,10H2,1-2H3. The molecule has 0 unspecified atom stereocenters. The van der Waals surface area contributed by atoms with Crippen molar-refractivity contribution in [1.29, 1.82) is 0 Å². The van der Waals surface area contributed by atoms with E-state index in [9.17, 15) is 4.79 Å². The molecule has 156 valence electrons. The van der Waals surface area contributed by atoms with Crippen molar-refractivity contribution in [2.45, 2.75) is 19.9 Å². The molecule has 2 aromatic rings. The van der Waals surface area contributed by atoms with E-state index in [1.54, 1.807) is 37.0 Å². The minimum Gasteiger partial charge on any atom is -0.371 e. The minimum atomic E-state index is -0.0547. The molecule has 3 aliphatic heterocycles. The predicted octanol–water partition coefficient (Wildman–Crippen LogP) is 3.51. The van der Waals surface area contributed by atoms with Crippen LogP contribution in [-0.2, 0) is 6.54 Å². The number of aryl methyl sites for hydroxylation is 1. The minimum absolute atomic E-state index is 0.0547. The maximum Gasteiger partial charge on any atom is 0.257 e. The molecule has 7 nitrogen and oxygen atoms in total. The Morgan fingerprint density at radius 2 is 2.06 bits per heavy atom. The van der Waals surface area contributed by atoms with E-state index in [2.05, 4.69) is 30.9 Å². The van der Waals surface area contributed by atoms with E-state index in [0.29, 0.717) is 16.2 Å². The number of hydrogen-bond donors (Lipinski definition) is 1. The number of pyridine rings is 2. The summed E-state index contributed by atoms with van der Waals surface area (Å²) in [6, 6.07) is 11.4. The zero-order valence-corrected chi connectivity index (χ0v) is 18.0. The number of nitrogens with zero attached hydrogens (tertiary/aromatic N) is 5. The second-order valence-electron chi connectivity index (χ2n) is 7.54. The monoisotopic (exact) mass is 432 g/mol. The van der Waals surface area contributed by atoms with Crippen LogP contribution < -0.4 is 16.5 Å². The Morgan fingerprint density at radius 3 is 2.87 bits per heavy atom. The van der Waals surface area contributed by atoms with Crippen LogP contribution in [0.5, 0.6) is 0 Å². The maximum atomic E-state index is 12.5. The van der Waals surface area contributed by atoms with Gasteiger partial charge in [0.1, 0.15) is 11.6 Å². The van der Waals surface area contributed by atoms with Gasteiger partial charge >= 0.3 is 0 Å². The van der Waals surface area contributed by atoms with Gasteiger partial charge in [-0.1, -0.05) is 23.7 Å². The van der Waals surface area contributed by atoms with E-state index >= 15 is 0 Å². The summed E-state index contributed by atoms with van der Waals surface area (Å²) in [6.07, 6.45) is 4.55. The van der Waals surface area contributed by atoms with Gasteiger partial charge in [0.2, 0.25) is 5.62 Å². The Balaban J connectivity index is 1.70. The lowest BCUT2D eigenvalue weighted by Crippen LogP contribution is -2.25. The number of fused-ring (bicyclic) bond motifs is 3. The average molecular weight is 433 g/mol. The first-order chi connectivity index (χ1) is 15.1. The fourth-order valence-electron chi connectivity index (χ4n) is 4.01. The van der Waals surface area contributed by atoms with Gasteiger partial charge in [0.25, 0.3) is 5.56 Å².